The van der Waals surface area contributed by atoms with E-state index in [0.29, 0.717) is 17.4 Å². The molecule has 0 saturated heterocycles. The van der Waals surface area contributed by atoms with Gasteiger partial charge in [-0.1, -0.05) is 11.2 Å². The molecule has 2 N–H and O–H groups in total. The summed E-state index contributed by atoms with van der Waals surface area (Å²) in [6.07, 6.45) is 0. The van der Waals surface area contributed by atoms with Crippen molar-refractivity contribution >= 4 is 44.6 Å². The molecule has 0 aliphatic rings. The van der Waals surface area contributed by atoms with E-state index in [0.717, 1.165) is 18.4 Å². The molecule has 1 aromatic carbocycles. The Bertz CT molecular complexity index is 1670. The summed E-state index contributed by atoms with van der Waals surface area (Å²) in [6, 6.07) is 0.469. The number of thiophene rings is 1. The Morgan fingerprint density at radius 2 is 2.13 bits per heavy atom. The van der Waals surface area contributed by atoms with Gasteiger partial charge in [0.1, 0.15) is 9.77 Å². The number of ketones is 1. The minimum absolute atomic E-state index is 0.134. The smallest absolute Gasteiger partial charge is 0.267 e. The number of Topliss-reactive ketones (excluding diaryl/α,β-unsaturated/α-hetero) is 1. The van der Waals surface area contributed by atoms with Crippen molar-refractivity contribution in [2.24, 2.45) is 0 Å². The fourth-order valence-corrected chi connectivity index (χ4v) is 4.57. The van der Waals surface area contributed by atoms with Crippen molar-refractivity contribution in [3.63, 3.8) is 0 Å². The quantitative estimate of drug-likeness (QED) is 0.533. The Balaban J connectivity index is 2.23. The largest absolute Gasteiger partial charge is 0.337 e. The summed E-state index contributed by atoms with van der Waals surface area (Å²) in [5, 5.41) is 4.36. The van der Waals surface area contributed by atoms with Crippen molar-refractivity contribution < 1.29 is 39.1 Å². The summed E-state index contributed by atoms with van der Waals surface area (Å²) in [5.41, 5.74) is -4.49. The van der Waals surface area contributed by atoms with Crippen molar-refractivity contribution in [2.75, 3.05) is 10.0 Å². The van der Waals surface area contributed by atoms with Gasteiger partial charge < -0.3 is 9.83 Å². The van der Waals surface area contributed by atoms with Crippen LogP contribution in [0.4, 0.5) is 11.6 Å². The predicted octanol–water partition coefficient (Wildman–Crippen LogP) is 4.23. The molecular formula is C20H21N3O5S2. The van der Waals surface area contributed by atoms with Crippen molar-refractivity contribution in [2.45, 2.75) is 39.3 Å². The number of aromatic nitrogens is 1. The molecule has 0 fully saturated rings. The van der Waals surface area contributed by atoms with Gasteiger partial charge in [0.15, 0.2) is 8.61 Å². The van der Waals surface area contributed by atoms with Crippen LogP contribution < -0.4 is 10.0 Å². The molecular weight excluding hydrogens is 426 g/mol. The molecule has 2 aromatic heterocycles. The second-order valence-electron chi connectivity index (χ2n) is 5.92. The Hall–Kier alpha value is -2.98. The number of carbonyl (C=O) groups is 2. The van der Waals surface area contributed by atoms with Crippen LogP contribution in [-0.2, 0) is 10.0 Å². The fourth-order valence-electron chi connectivity index (χ4n) is 2.35. The van der Waals surface area contributed by atoms with Crippen LogP contribution in [-0.4, -0.2) is 25.3 Å². The summed E-state index contributed by atoms with van der Waals surface area (Å²) in [5.74, 6) is -3.46. The molecule has 0 aliphatic carbocycles. The van der Waals surface area contributed by atoms with Crippen LogP contribution in [0.15, 0.2) is 33.0 Å². The van der Waals surface area contributed by atoms with Crippen molar-refractivity contribution in [1.82, 2.24) is 5.16 Å². The third-order valence-corrected chi connectivity index (χ3v) is 6.12. The van der Waals surface area contributed by atoms with E-state index in [-0.39, 0.29) is 15.7 Å². The zero-order valence-electron chi connectivity index (χ0n) is 27.4. The van der Waals surface area contributed by atoms with E-state index in [1.165, 1.54) is 6.92 Å². The third kappa shape index (κ3) is 4.14. The van der Waals surface area contributed by atoms with Gasteiger partial charge in [-0.25, -0.2) is 13.1 Å². The lowest BCUT2D eigenvalue weighted by atomic mass is 10.0. The summed E-state index contributed by atoms with van der Waals surface area (Å²) in [7, 11) is -5.10. The number of carbonyl (C=O) groups excluding carboxylic acids is 2. The average Bonchev–Trinajstić information content (AvgIpc) is 3.47. The summed E-state index contributed by atoms with van der Waals surface area (Å²) < 4.78 is 126. The monoisotopic (exact) mass is 459 g/mol. The number of aryl methyl sites for hydroxylation is 2. The van der Waals surface area contributed by atoms with E-state index < -0.39 is 91.9 Å². The van der Waals surface area contributed by atoms with Gasteiger partial charge in [0.25, 0.3) is 15.9 Å². The molecule has 10 heteroatoms. The number of hydrogen-bond donors (Lipinski definition) is 2. The summed E-state index contributed by atoms with van der Waals surface area (Å²) in [6.45, 7) is -7.18. The number of amides is 1. The highest BCUT2D eigenvalue weighted by atomic mass is 32.2. The molecule has 0 aliphatic heterocycles. The first-order valence-corrected chi connectivity index (χ1v) is 10.4. The topological polar surface area (TPSA) is 118 Å². The van der Waals surface area contributed by atoms with E-state index in [1.54, 1.807) is 0 Å². The zero-order valence-corrected chi connectivity index (χ0v) is 17.1. The molecule has 1 amide bonds. The minimum atomic E-state index is -5.10. The molecule has 0 spiro atoms. The number of benzene rings is 1. The molecule has 8 nitrogen and oxygen atoms in total. The number of nitrogens with one attached hydrogen (secondary N) is 2. The predicted molar refractivity (Wildman–Crippen MR) is 115 cm³/mol. The first kappa shape index (κ1) is 10.9. The van der Waals surface area contributed by atoms with E-state index in [1.807, 2.05) is 0 Å². The van der Waals surface area contributed by atoms with Crippen LogP contribution in [0.5, 0.6) is 0 Å². The molecule has 0 saturated carbocycles. The van der Waals surface area contributed by atoms with Crippen molar-refractivity contribution in [3.8, 4) is 0 Å². The minimum Gasteiger partial charge on any atom is -0.337 e. The maximum absolute atomic E-state index is 13.5. The Morgan fingerprint density at radius 1 is 1.33 bits per heavy atom. The Labute approximate surface area is 195 Å². The van der Waals surface area contributed by atoms with Gasteiger partial charge in [0.05, 0.1) is 12.8 Å². The highest BCUT2D eigenvalue weighted by Crippen LogP contribution is 2.29. The zero-order chi connectivity index (χ0) is 32.3. The first-order valence-electron chi connectivity index (χ1n) is 13.9. The van der Waals surface area contributed by atoms with Crippen LogP contribution >= 0.6 is 11.3 Å². The lowest BCUT2D eigenvalue weighted by Gasteiger charge is -2.14. The third-order valence-electron chi connectivity index (χ3n) is 3.78. The van der Waals surface area contributed by atoms with E-state index in [4.69, 9.17) is 21.1 Å². The molecule has 0 unspecified atom stereocenters. The van der Waals surface area contributed by atoms with Gasteiger partial charge in [-0.05, 0) is 63.0 Å². The number of nitrogens with zero attached hydrogens (tertiary/aromatic N) is 1. The van der Waals surface area contributed by atoms with Crippen molar-refractivity contribution in [1.29, 1.82) is 0 Å². The van der Waals surface area contributed by atoms with Gasteiger partial charge >= 0.3 is 0 Å². The van der Waals surface area contributed by atoms with E-state index >= 15 is 0 Å². The Morgan fingerprint density at radius 3 is 2.80 bits per heavy atom. The van der Waals surface area contributed by atoms with Crippen LogP contribution in [0.2, 0.25) is 2.82 Å². The first-order chi connectivity index (χ1) is 18.9. The standard InChI is InChI=1S/C20H21N3O5S2/c1-10-8-11(2)17(15(9-10)14(5)24)21-19(25)18-16(6-7-29-18)30(26,27)23-20-12(3)13(4)22-28-20/h6-9,23H,1-5H3,(H,21,25)/i1D3,2D3,3D3,8D/hD2. The maximum Gasteiger partial charge on any atom is 0.267 e. The number of sulfonamides is 1. The molecule has 30 heavy (non-hydrogen) atoms. The molecule has 3 rings (SSSR count). The normalized spacial score (nSPS) is 18.5. The van der Waals surface area contributed by atoms with Crippen molar-refractivity contribution in [3.05, 3.63) is 56.4 Å². The van der Waals surface area contributed by atoms with Crippen LogP contribution in [0.25, 0.3) is 0 Å². The van der Waals surface area contributed by atoms with E-state index in [2.05, 4.69) is 5.16 Å². The van der Waals surface area contributed by atoms with Gasteiger partial charge in [-0.15, -0.1) is 11.3 Å². The summed E-state index contributed by atoms with van der Waals surface area (Å²) in [4.78, 5) is 24.4. The second-order valence-corrected chi connectivity index (χ2v) is 8.41. The van der Waals surface area contributed by atoms with Gasteiger partial charge in [0, 0.05) is 23.5 Å². The lowest BCUT2D eigenvalue weighted by Crippen LogP contribution is -2.20. The number of rotatable bonds is 6. The molecule has 0 bridgehead atoms. The van der Waals surface area contributed by atoms with Gasteiger partial charge in [-0.2, -0.15) is 0 Å². The van der Waals surface area contributed by atoms with Crippen LogP contribution in [0.3, 0.4) is 0 Å². The SMILES string of the molecule is [2H]c1c(C([2H])([2H])[2H])cc(C(C)=O)c(N([2H])C(=O)c2sccc2S(=O)(=O)N([2H])c2onc(C)c2C([2H])([2H])[2H])c1C([2H])([2H])[2H]. The Kier molecular flexibility index (Phi) is 2.91. The van der Waals surface area contributed by atoms with E-state index in [9.17, 15) is 18.0 Å². The fraction of sp³-hybridized carbons (Fsp3) is 0.250. The highest BCUT2D eigenvalue weighted by Gasteiger charge is 2.27. The van der Waals surface area contributed by atoms with Crippen LogP contribution in [0, 0.1) is 27.5 Å². The lowest BCUT2D eigenvalue weighted by molar-refractivity contribution is 0.101. The average molecular weight is 460 g/mol. The van der Waals surface area contributed by atoms with Gasteiger partial charge in [-0.3, -0.25) is 9.59 Å². The number of anilines is 2. The molecule has 0 atom stereocenters. The maximum atomic E-state index is 13.5. The number of hydrogen-bond acceptors (Lipinski definition) is 7. The molecule has 2 heterocycles. The van der Waals surface area contributed by atoms with Crippen LogP contribution in [0.1, 0.15) is 63.0 Å². The second kappa shape index (κ2) is 8.04. The molecule has 158 valence electrons. The van der Waals surface area contributed by atoms with Gasteiger partial charge in [0.2, 0.25) is 5.88 Å². The summed E-state index contributed by atoms with van der Waals surface area (Å²) >= 11 is 0.454. The molecule has 3 aromatic rings. The molecule has 0 radical (unpaired) electrons. The highest BCUT2D eigenvalue weighted by molar-refractivity contribution is 7.93.